The number of carbonyl (C=O) groups excluding carboxylic acids is 1. The maximum Gasteiger partial charge on any atom is 0.331 e. The van der Waals surface area contributed by atoms with E-state index in [0.717, 1.165) is 81.3 Å². The summed E-state index contributed by atoms with van der Waals surface area (Å²) in [6.45, 7) is 8.53. The van der Waals surface area contributed by atoms with Crippen molar-refractivity contribution in [1.29, 1.82) is 0 Å². The zero-order chi connectivity index (χ0) is 27.3. The minimum absolute atomic E-state index is 0.0299. The molecule has 1 saturated carbocycles. The van der Waals surface area contributed by atoms with Crippen LogP contribution in [0.2, 0.25) is 0 Å². The van der Waals surface area contributed by atoms with Gasteiger partial charge in [-0.25, -0.2) is 4.79 Å². The Hall–Kier alpha value is -2.17. The second kappa shape index (κ2) is 20.7. The third kappa shape index (κ3) is 13.1. The molecule has 0 radical (unpaired) electrons. The summed E-state index contributed by atoms with van der Waals surface area (Å²) in [5.74, 6) is 1.82. The SMILES string of the molecule is CCCCCCOc1ccc(OCCCCCC)c(OCCCCCC)c1C=CC(=O)OC1CCCCC1. The lowest BCUT2D eigenvalue weighted by Crippen LogP contribution is -2.19. The molecule has 1 aliphatic rings. The molecule has 0 atom stereocenters. The van der Waals surface area contributed by atoms with E-state index in [4.69, 9.17) is 18.9 Å². The maximum atomic E-state index is 12.7. The van der Waals surface area contributed by atoms with E-state index in [2.05, 4.69) is 20.8 Å². The highest BCUT2D eigenvalue weighted by molar-refractivity contribution is 5.89. The van der Waals surface area contributed by atoms with Gasteiger partial charge in [0.25, 0.3) is 0 Å². The van der Waals surface area contributed by atoms with Gasteiger partial charge in [-0.3, -0.25) is 0 Å². The molecule has 0 aromatic heterocycles. The number of esters is 1. The van der Waals surface area contributed by atoms with Crippen molar-refractivity contribution in [3.63, 3.8) is 0 Å². The normalized spacial score (nSPS) is 14.1. The van der Waals surface area contributed by atoms with E-state index < -0.39 is 0 Å². The van der Waals surface area contributed by atoms with Gasteiger partial charge in [0.1, 0.15) is 11.9 Å². The van der Waals surface area contributed by atoms with Crippen LogP contribution in [0, 0.1) is 0 Å². The smallest absolute Gasteiger partial charge is 0.331 e. The molecule has 0 unspecified atom stereocenters. The van der Waals surface area contributed by atoms with Gasteiger partial charge in [0.15, 0.2) is 11.5 Å². The average molecular weight is 531 g/mol. The van der Waals surface area contributed by atoms with Gasteiger partial charge in [0.2, 0.25) is 0 Å². The Balaban J connectivity index is 2.22. The van der Waals surface area contributed by atoms with Gasteiger partial charge in [0, 0.05) is 6.08 Å². The highest BCUT2D eigenvalue weighted by Gasteiger charge is 2.19. The molecule has 1 aromatic carbocycles. The topological polar surface area (TPSA) is 54.0 Å². The first kappa shape index (κ1) is 32.0. The van der Waals surface area contributed by atoms with Gasteiger partial charge in [-0.05, 0) is 63.2 Å². The van der Waals surface area contributed by atoms with E-state index in [1.165, 1.54) is 51.0 Å². The third-order valence-electron chi connectivity index (χ3n) is 7.10. The maximum absolute atomic E-state index is 12.7. The fraction of sp³-hybridized carbons (Fsp3) is 0.727. The second-order valence-corrected chi connectivity index (χ2v) is 10.6. The van der Waals surface area contributed by atoms with E-state index in [-0.39, 0.29) is 12.1 Å². The van der Waals surface area contributed by atoms with E-state index in [1.807, 2.05) is 12.1 Å². The molecular formula is C33H54O5. The minimum atomic E-state index is -0.300. The average Bonchev–Trinajstić information content (AvgIpc) is 2.93. The largest absolute Gasteiger partial charge is 0.493 e. The van der Waals surface area contributed by atoms with Gasteiger partial charge in [-0.15, -0.1) is 0 Å². The fourth-order valence-corrected chi connectivity index (χ4v) is 4.77. The molecule has 0 saturated heterocycles. The van der Waals surface area contributed by atoms with Gasteiger partial charge >= 0.3 is 5.97 Å². The molecule has 1 aromatic rings. The van der Waals surface area contributed by atoms with E-state index >= 15 is 0 Å². The monoisotopic (exact) mass is 530 g/mol. The van der Waals surface area contributed by atoms with Crippen LogP contribution in [0.15, 0.2) is 18.2 Å². The molecule has 5 heteroatoms. The number of hydrogen-bond donors (Lipinski definition) is 0. The van der Waals surface area contributed by atoms with Crippen LogP contribution in [0.1, 0.15) is 135 Å². The Kier molecular flexibility index (Phi) is 17.5. The molecule has 216 valence electrons. The Bertz CT molecular complexity index is 782. The number of rotatable bonds is 21. The van der Waals surface area contributed by atoms with Crippen molar-refractivity contribution in [3.05, 3.63) is 23.8 Å². The predicted octanol–water partition coefficient (Wildman–Crippen LogP) is 9.45. The number of ether oxygens (including phenoxy) is 4. The molecular weight excluding hydrogens is 476 g/mol. The Morgan fingerprint density at radius 2 is 1.24 bits per heavy atom. The van der Waals surface area contributed by atoms with Crippen molar-refractivity contribution in [2.24, 2.45) is 0 Å². The van der Waals surface area contributed by atoms with E-state index in [0.29, 0.717) is 25.6 Å². The first-order valence-electron chi connectivity index (χ1n) is 15.6. The standard InChI is InChI=1S/C33H54O5/c1-4-7-10-16-25-35-30-22-23-31(36-26-17-11-8-5-2)33(37-27-18-12-9-6-3)29(30)21-24-32(34)38-28-19-14-13-15-20-28/h21-24,28H,4-20,25-27H2,1-3H3. The van der Waals surface area contributed by atoms with Gasteiger partial charge in [-0.2, -0.15) is 0 Å². The summed E-state index contributed by atoms with van der Waals surface area (Å²) in [5, 5.41) is 0. The highest BCUT2D eigenvalue weighted by Crippen LogP contribution is 2.39. The predicted molar refractivity (Wildman–Crippen MR) is 157 cm³/mol. The van der Waals surface area contributed by atoms with Crippen LogP contribution < -0.4 is 14.2 Å². The molecule has 38 heavy (non-hydrogen) atoms. The first-order chi connectivity index (χ1) is 18.7. The number of unbranched alkanes of at least 4 members (excludes halogenated alkanes) is 9. The molecule has 2 rings (SSSR count). The van der Waals surface area contributed by atoms with Crippen molar-refractivity contribution < 1.29 is 23.7 Å². The molecule has 0 spiro atoms. The summed E-state index contributed by atoms with van der Waals surface area (Å²) < 4.78 is 24.5. The summed E-state index contributed by atoms with van der Waals surface area (Å²) in [5.41, 5.74) is 0.766. The van der Waals surface area contributed by atoms with Gasteiger partial charge in [-0.1, -0.05) is 85.0 Å². The van der Waals surface area contributed by atoms with Gasteiger partial charge < -0.3 is 18.9 Å². The lowest BCUT2D eigenvalue weighted by atomic mass is 9.98. The van der Waals surface area contributed by atoms with Crippen LogP contribution in [0.4, 0.5) is 0 Å². The highest BCUT2D eigenvalue weighted by atomic mass is 16.5. The van der Waals surface area contributed by atoms with Crippen molar-refractivity contribution >= 4 is 12.0 Å². The molecule has 0 amide bonds. The quantitative estimate of drug-likeness (QED) is 0.0900. The van der Waals surface area contributed by atoms with Crippen LogP contribution in [0.5, 0.6) is 17.2 Å². The molecule has 0 bridgehead atoms. The summed E-state index contributed by atoms with van der Waals surface area (Å²) in [6, 6.07) is 3.91. The third-order valence-corrected chi connectivity index (χ3v) is 7.10. The number of benzene rings is 1. The molecule has 0 aliphatic heterocycles. The van der Waals surface area contributed by atoms with Crippen LogP contribution in [-0.2, 0) is 9.53 Å². The Morgan fingerprint density at radius 1 is 0.711 bits per heavy atom. The first-order valence-corrected chi connectivity index (χ1v) is 15.6. The summed E-state index contributed by atoms with van der Waals surface area (Å²) >= 11 is 0. The van der Waals surface area contributed by atoms with Crippen molar-refractivity contribution in [2.75, 3.05) is 19.8 Å². The summed E-state index contributed by atoms with van der Waals surface area (Å²) in [4.78, 5) is 12.7. The zero-order valence-electron chi connectivity index (χ0n) is 24.6. The van der Waals surface area contributed by atoms with E-state index in [9.17, 15) is 4.79 Å². The lowest BCUT2D eigenvalue weighted by molar-refractivity contribution is -0.144. The molecule has 0 heterocycles. The lowest BCUT2D eigenvalue weighted by Gasteiger charge is -2.21. The van der Waals surface area contributed by atoms with Crippen LogP contribution in [-0.4, -0.2) is 31.9 Å². The van der Waals surface area contributed by atoms with Crippen molar-refractivity contribution in [1.82, 2.24) is 0 Å². The molecule has 1 aliphatic carbocycles. The van der Waals surface area contributed by atoms with Crippen molar-refractivity contribution in [2.45, 2.75) is 136 Å². The van der Waals surface area contributed by atoms with Crippen LogP contribution >= 0.6 is 0 Å². The summed E-state index contributed by atoms with van der Waals surface area (Å²) in [7, 11) is 0. The number of hydrogen-bond acceptors (Lipinski definition) is 5. The van der Waals surface area contributed by atoms with Gasteiger partial charge in [0.05, 0.1) is 25.4 Å². The Morgan fingerprint density at radius 3 is 1.82 bits per heavy atom. The van der Waals surface area contributed by atoms with Crippen LogP contribution in [0.25, 0.3) is 6.08 Å². The number of carbonyl (C=O) groups is 1. The van der Waals surface area contributed by atoms with Crippen LogP contribution in [0.3, 0.4) is 0 Å². The fourth-order valence-electron chi connectivity index (χ4n) is 4.77. The minimum Gasteiger partial charge on any atom is -0.493 e. The zero-order valence-corrected chi connectivity index (χ0v) is 24.6. The second-order valence-electron chi connectivity index (χ2n) is 10.6. The molecule has 5 nitrogen and oxygen atoms in total. The molecule has 0 N–H and O–H groups in total. The Labute approximate surface area is 232 Å². The molecule has 1 fully saturated rings. The van der Waals surface area contributed by atoms with Crippen molar-refractivity contribution in [3.8, 4) is 17.2 Å². The summed E-state index contributed by atoms with van der Waals surface area (Å²) in [6.07, 6.45) is 22.4. The van der Waals surface area contributed by atoms with E-state index in [1.54, 1.807) is 6.08 Å².